The molecule has 28 heavy (non-hydrogen) atoms. The number of para-hydroxylation sites is 1. The van der Waals surface area contributed by atoms with E-state index in [-0.39, 0.29) is 16.6 Å². The van der Waals surface area contributed by atoms with Crippen molar-refractivity contribution in [2.75, 3.05) is 5.32 Å². The molecule has 1 heterocycles. The van der Waals surface area contributed by atoms with Crippen LogP contribution >= 0.6 is 11.8 Å². The number of benzene rings is 3. The SMILES string of the molecule is CC1(C)C=C2Nc3ccccc3S[C@@H](c3cccc4ccccc34)[C@H]2C(=O)C1. The number of anilines is 1. The average Bonchev–Trinajstić information content (AvgIpc) is 2.83. The van der Waals surface area contributed by atoms with Gasteiger partial charge in [0.25, 0.3) is 0 Å². The van der Waals surface area contributed by atoms with Gasteiger partial charge in [0.05, 0.1) is 16.9 Å². The fourth-order valence-electron chi connectivity index (χ4n) is 4.51. The maximum Gasteiger partial charge on any atom is 0.144 e. The Hall–Kier alpha value is -2.52. The Labute approximate surface area is 170 Å². The van der Waals surface area contributed by atoms with E-state index in [0.29, 0.717) is 12.2 Å². The summed E-state index contributed by atoms with van der Waals surface area (Å²) in [5.41, 5.74) is 3.27. The Bertz CT molecular complexity index is 1110. The Kier molecular flexibility index (Phi) is 4.09. The Morgan fingerprint density at radius 1 is 0.964 bits per heavy atom. The molecule has 0 amide bonds. The van der Waals surface area contributed by atoms with Gasteiger partial charge in [0, 0.05) is 17.0 Å². The van der Waals surface area contributed by atoms with Crippen LogP contribution in [0.25, 0.3) is 10.8 Å². The van der Waals surface area contributed by atoms with E-state index in [9.17, 15) is 4.79 Å². The predicted molar refractivity (Wildman–Crippen MR) is 118 cm³/mol. The highest BCUT2D eigenvalue weighted by atomic mass is 32.2. The van der Waals surface area contributed by atoms with Crippen LogP contribution in [0.5, 0.6) is 0 Å². The summed E-state index contributed by atoms with van der Waals surface area (Å²) in [5.74, 6) is 0.171. The van der Waals surface area contributed by atoms with Crippen LogP contribution in [0.1, 0.15) is 31.1 Å². The molecule has 0 fully saturated rings. The smallest absolute Gasteiger partial charge is 0.144 e. The lowest BCUT2D eigenvalue weighted by atomic mass is 9.74. The number of hydrogen-bond donors (Lipinski definition) is 1. The third kappa shape index (κ3) is 2.94. The van der Waals surface area contributed by atoms with Crippen LogP contribution < -0.4 is 5.32 Å². The number of carbonyl (C=O) groups excluding carboxylic acids is 1. The molecule has 0 saturated heterocycles. The summed E-state index contributed by atoms with van der Waals surface area (Å²) in [7, 11) is 0. The molecule has 5 rings (SSSR count). The minimum Gasteiger partial charge on any atom is -0.358 e. The zero-order chi connectivity index (χ0) is 19.3. The fraction of sp³-hybridized carbons (Fsp3) is 0.240. The molecule has 0 saturated carbocycles. The summed E-state index contributed by atoms with van der Waals surface area (Å²) in [6.07, 6.45) is 2.86. The molecule has 1 aliphatic heterocycles. The van der Waals surface area contributed by atoms with Crippen molar-refractivity contribution in [3.63, 3.8) is 0 Å². The number of hydrogen-bond acceptors (Lipinski definition) is 3. The number of allylic oxidation sites excluding steroid dienone is 2. The Morgan fingerprint density at radius 3 is 2.61 bits per heavy atom. The van der Waals surface area contributed by atoms with E-state index in [1.165, 1.54) is 21.2 Å². The molecule has 2 nitrogen and oxygen atoms in total. The number of nitrogens with one attached hydrogen (secondary N) is 1. The molecule has 1 aliphatic carbocycles. The second-order valence-electron chi connectivity index (χ2n) is 8.44. The molecular formula is C25H23NOS. The minimum absolute atomic E-state index is 0.0529. The maximum absolute atomic E-state index is 13.4. The zero-order valence-electron chi connectivity index (χ0n) is 16.1. The van der Waals surface area contributed by atoms with Gasteiger partial charge >= 0.3 is 0 Å². The standard InChI is InChI=1S/C25H23NOS/c1-25(2)14-20-23(21(27)15-25)24(28-22-13-6-5-12-19(22)26-20)18-11-7-9-16-8-3-4-10-17(16)18/h3-14,23-24,26H,15H2,1-2H3/t23-,24+/m1/s1. The molecule has 0 bridgehead atoms. The number of thioether (sulfide) groups is 1. The highest BCUT2D eigenvalue weighted by molar-refractivity contribution is 7.99. The van der Waals surface area contributed by atoms with Gasteiger partial charge in [-0.25, -0.2) is 0 Å². The normalized spacial score (nSPS) is 23.2. The van der Waals surface area contributed by atoms with E-state index < -0.39 is 0 Å². The molecule has 0 radical (unpaired) electrons. The molecule has 2 atom stereocenters. The van der Waals surface area contributed by atoms with Crippen LogP contribution in [0.2, 0.25) is 0 Å². The summed E-state index contributed by atoms with van der Waals surface area (Å²) in [5, 5.41) is 6.13. The average molecular weight is 386 g/mol. The summed E-state index contributed by atoms with van der Waals surface area (Å²) in [6, 6.07) is 23.3. The fourth-order valence-corrected chi connectivity index (χ4v) is 5.96. The molecule has 3 aromatic rings. The van der Waals surface area contributed by atoms with Gasteiger partial charge in [0.1, 0.15) is 5.78 Å². The van der Waals surface area contributed by atoms with Gasteiger partial charge < -0.3 is 5.32 Å². The van der Waals surface area contributed by atoms with Crippen molar-refractivity contribution < 1.29 is 4.79 Å². The lowest BCUT2D eigenvalue weighted by molar-refractivity contribution is -0.123. The van der Waals surface area contributed by atoms with E-state index in [2.05, 4.69) is 92.0 Å². The molecule has 2 aliphatic rings. The van der Waals surface area contributed by atoms with Crippen LogP contribution in [-0.2, 0) is 4.79 Å². The lowest BCUT2D eigenvalue weighted by Crippen LogP contribution is -2.34. The lowest BCUT2D eigenvalue weighted by Gasteiger charge is -2.35. The van der Waals surface area contributed by atoms with E-state index in [1.54, 1.807) is 0 Å². The second kappa shape index (κ2) is 6.52. The first-order valence-corrected chi connectivity index (χ1v) is 10.7. The molecule has 3 aromatic carbocycles. The van der Waals surface area contributed by atoms with Gasteiger partial charge in [-0.1, -0.05) is 74.5 Å². The summed E-state index contributed by atoms with van der Waals surface area (Å²) in [6.45, 7) is 4.29. The van der Waals surface area contributed by atoms with Crippen molar-refractivity contribution in [1.82, 2.24) is 0 Å². The van der Waals surface area contributed by atoms with Crippen LogP contribution in [0.4, 0.5) is 5.69 Å². The summed E-state index contributed by atoms with van der Waals surface area (Å²) in [4.78, 5) is 14.6. The van der Waals surface area contributed by atoms with Crippen LogP contribution in [0.3, 0.4) is 0 Å². The summed E-state index contributed by atoms with van der Waals surface area (Å²) >= 11 is 1.81. The van der Waals surface area contributed by atoms with Crippen molar-refractivity contribution >= 4 is 34.0 Å². The largest absolute Gasteiger partial charge is 0.358 e. The zero-order valence-corrected chi connectivity index (χ0v) is 16.9. The predicted octanol–water partition coefficient (Wildman–Crippen LogP) is 6.60. The van der Waals surface area contributed by atoms with Gasteiger partial charge in [0.2, 0.25) is 0 Å². The van der Waals surface area contributed by atoms with Gasteiger partial charge in [-0.2, -0.15) is 0 Å². The van der Waals surface area contributed by atoms with Crippen LogP contribution in [0, 0.1) is 11.3 Å². The van der Waals surface area contributed by atoms with Crippen molar-refractivity contribution in [3.05, 3.63) is 84.1 Å². The monoisotopic (exact) mass is 385 g/mol. The quantitative estimate of drug-likeness (QED) is 0.512. The minimum atomic E-state index is -0.156. The van der Waals surface area contributed by atoms with Crippen molar-refractivity contribution in [2.24, 2.45) is 11.3 Å². The molecule has 140 valence electrons. The second-order valence-corrected chi connectivity index (χ2v) is 9.62. The molecule has 0 unspecified atom stereocenters. The van der Waals surface area contributed by atoms with E-state index >= 15 is 0 Å². The third-order valence-corrected chi connectivity index (χ3v) is 7.10. The molecule has 3 heteroatoms. The Balaban J connectivity index is 1.74. The van der Waals surface area contributed by atoms with E-state index in [0.717, 1.165) is 11.4 Å². The number of fused-ring (bicyclic) bond motifs is 3. The number of rotatable bonds is 1. The van der Waals surface area contributed by atoms with Gasteiger partial charge in [0.15, 0.2) is 0 Å². The number of carbonyl (C=O) groups is 1. The van der Waals surface area contributed by atoms with Gasteiger partial charge in [-0.3, -0.25) is 4.79 Å². The topological polar surface area (TPSA) is 29.1 Å². The van der Waals surface area contributed by atoms with Crippen LogP contribution in [-0.4, -0.2) is 5.78 Å². The van der Waals surface area contributed by atoms with Gasteiger partial charge in [-0.15, -0.1) is 11.8 Å². The molecule has 0 spiro atoms. The highest BCUT2D eigenvalue weighted by Crippen LogP contribution is 2.53. The first kappa shape index (κ1) is 17.6. The molecule has 0 aromatic heterocycles. The van der Waals surface area contributed by atoms with Crippen molar-refractivity contribution in [2.45, 2.75) is 30.4 Å². The first-order valence-electron chi connectivity index (χ1n) is 9.78. The number of ketones is 1. The van der Waals surface area contributed by atoms with Crippen molar-refractivity contribution in [1.29, 1.82) is 0 Å². The Morgan fingerprint density at radius 2 is 1.71 bits per heavy atom. The van der Waals surface area contributed by atoms with E-state index in [1.807, 2.05) is 11.8 Å². The van der Waals surface area contributed by atoms with Gasteiger partial charge in [-0.05, 0) is 33.9 Å². The van der Waals surface area contributed by atoms with E-state index in [4.69, 9.17) is 0 Å². The highest BCUT2D eigenvalue weighted by Gasteiger charge is 2.42. The third-order valence-electron chi connectivity index (χ3n) is 5.71. The van der Waals surface area contributed by atoms with Crippen molar-refractivity contribution in [3.8, 4) is 0 Å². The maximum atomic E-state index is 13.4. The first-order chi connectivity index (χ1) is 13.5. The van der Waals surface area contributed by atoms with Crippen LogP contribution in [0.15, 0.2) is 83.4 Å². The molecule has 1 N–H and O–H groups in total. The number of Topliss-reactive ketones (excluding diaryl/α,β-unsaturated/α-hetero) is 1. The summed E-state index contributed by atoms with van der Waals surface area (Å²) < 4.78 is 0. The molecular weight excluding hydrogens is 362 g/mol.